The van der Waals surface area contributed by atoms with E-state index in [-0.39, 0.29) is 23.7 Å². The zero-order chi connectivity index (χ0) is 30.4. The monoisotopic (exact) mass is 600 g/mol. The Hall–Kier alpha value is -4.77. The number of benzene rings is 3. The number of halogens is 2. The topological polar surface area (TPSA) is 112 Å². The lowest BCUT2D eigenvalue weighted by Gasteiger charge is -2.34. The number of nitrogens with zero attached hydrogens (tertiary/aromatic N) is 4. The van der Waals surface area contributed by atoms with Crippen LogP contribution in [0, 0.1) is 40.3 Å². The molecule has 11 heteroatoms. The smallest absolute Gasteiger partial charge is 0.123 e. The molecule has 2 radical (unpaired) electrons. The number of anilines is 2. The predicted octanol–water partition coefficient (Wildman–Crippen LogP) is 5.97. The first-order valence-corrected chi connectivity index (χ1v) is 14.8. The maximum atomic E-state index is 13.9. The van der Waals surface area contributed by atoms with Gasteiger partial charge in [0.25, 0.3) is 0 Å². The van der Waals surface area contributed by atoms with E-state index in [4.69, 9.17) is 19.4 Å². The van der Waals surface area contributed by atoms with Crippen molar-refractivity contribution in [2.45, 2.75) is 36.8 Å². The zero-order valence-corrected chi connectivity index (χ0v) is 24.3. The quantitative estimate of drug-likeness (QED) is 0.174. The molecule has 0 saturated heterocycles. The van der Waals surface area contributed by atoms with Gasteiger partial charge in [-0.1, -0.05) is 54.1 Å². The summed E-state index contributed by atoms with van der Waals surface area (Å²) >= 11 is 6.83. The second-order valence-corrected chi connectivity index (χ2v) is 11.9. The van der Waals surface area contributed by atoms with Crippen molar-refractivity contribution < 1.29 is 4.39 Å². The number of nitriles is 2. The molecule has 8 nitrogen and oxygen atoms in total. The molecule has 1 aliphatic heterocycles. The van der Waals surface area contributed by atoms with Gasteiger partial charge < -0.3 is 16.1 Å². The van der Waals surface area contributed by atoms with Crippen molar-refractivity contribution in [2.24, 2.45) is 11.8 Å². The average molecular weight is 601 g/mol. The molecule has 1 aromatic heterocycles. The number of fused-ring (bicyclic) bond motifs is 1. The zero-order valence-electron chi connectivity index (χ0n) is 23.6. The highest BCUT2D eigenvalue weighted by atomic mass is 35.5. The maximum Gasteiger partial charge on any atom is 0.123 e. The Balaban J connectivity index is 1.32. The number of rotatable bonds is 9. The lowest BCUT2D eigenvalue weighted by atomic mass is 9.69. The minimum absolute atomic E-state index is 0.0725. The van der Waals surface area contributed by atoms with Crippen LogP contribution in [0.5, 0.6) is 0 Å². The molecule has 2 aliphatic carbocycles. The van der Waals surface area contributed by atoms with Crippen LogP contribution in [0.25, 0.3) is 10.9 Å². The first kappa shape index (κ1) is 28.0. The van der Waals surface area contributed by atoms with Crippen LogP contribution in [0.4, 0.5) is 15.8 Å². The van der Waals surface area contributed by atoms with Gasteiger partial charge in [-0.15, -0.1) is 5.53 Å². The fourth-order valence-electron chi connectivity index (χ4n) is 5.87. The standard InChI is InChI=1S/C33H27BClFN8/c34-33(22-6-8-23(36)9-7-22,29-18-44(43-42-29)25-10-11-25)41-24-13-27-31(21(16-38)17-39-32(27)28(35)14-24)40-30(26-12-20(26)15-37)19-4-2-1-3-5-19/h1-9,13-14,17-18,20,25-26,30,41-43H,10-12H2,(H,39,40)/t20?,26-,30+,33?/m1/s1. The highest BCUT2D eigenvalue weighted by Crippen LogP contribution is 2.49. The number of nitrogens with one attached hydrogen (secondary N) is 4. The molecule has 2 heterocycles. The highest BCUT2D eigenvalue weighted by Gasteiger charge is 2.44. The molecule has 2 saturated carbocycles. The van der Waals surface area contributed by atoms with Gasteiger partial charge in [0, 0.05) is 35.4 Å². The van der Waals surface area contributed by atoms with Crippen LogP contribution in [0.15, 0.2) is 84.8 Å². The Kier molecular flexibility index (Phi) is 7.05. The van der Waals surface area contributed by atoms with Gasteiger partial charge >= 0.3 is 0 Å². The Bertz CT molecular complexity index is 1850. The van der Waals surface area contributed by atoms with E-state index in [1.165, 1.54) is 18.3 Å². The van der Waals surface area contributed by atoms with Gasteiger partial charge in [-0.25, -0.2) is 4.39 Å². The van der Waals surface area contributed by atoms with Gasteiger partial charge in [0.2, 0.25) is 0 Å². The van der Waals surface area contributed by atoms with Gasteiger partial charge in [-0.2, -0.15) is 10.5 Å². The first-order chi connectivity index (χ1) is 21.4. The molecule has 2 unspecified atom stereocenters. The minimum Gasteiger partial charge on any atom is -0.378 e. The first-order valence-electron chi connectivity index (χ1n) is 14.5. The van der Waals surface area contributed by atoms with E-state index >= 15 is 0 Å². The molecule has 7 rings (SSSR count). The van der Waals surface area contributed by atoms with Crippen molar-refractivity contribution in [1.29, 1.82) is 10.5 Å². The molecule has 0 amide bonds. The SMILES string of the molecule is [B]C(Nc1cc(Cl)c2ncc(C#N)c(N[C@@H](c3ccccc3)[C@@H]3CC3C#N)c2c1)(C1=CN(C2CC2)NN1)c1ccc(F)cc1. The number of hydrogen-bond donors (Lipinski definition) is 4. The average Bonchev–Trinajstić information content (AvgIpc) is 3.98. The fourth-order valence-corrected chi connectivity index (χ4v) is 6.14. The summed E-state index contributed by atoms with van der Waals surface area (Å²) in [6.45, 7) is 0. The third-order valence-electron chi connectivity index (χ3n) is 8.53. The van der Waals surface area contributed by atoms with Gasteiger partial charge in [0.1, 0.15) is 19.7 Å². The number of pyridine rings is 1. The Morgan fingerprint density at radius 3 is 2.57 bits per heavy atom. The lowest BCUT2D eigenvalue weighted by molar-refractivity contribution is 0.260. The molecule has 44 heavy (non-hydrogen) atoms. The number of hydrazine groups is 2. The summed E-state index contributed by atoms with van der Waals surface area (Å²) in [5, 5.41) is 29.8. The molecule has 0 bridgehead atoms. The van der Waals surface area contributed by atoms with Crippen LogP contribution in [0.3, 0.4) is 0 Å². The largest absolute Gasteiger partial charge is 0.378 e. The van der Waals surface area contributed by atoms with Crippen molar-refractivity contribution in [2.75, 3.05) is 10.6 Å². The molecular weight excluding hydrogens is 574 g/mol. The molecule has 4 atom stereocenters. The summed E-state index contributed by atoms with van der Waals surface area (Å²) in [6.07, 6.45) is 6.35. The molecule has 4 aromatic rings. The van der Waals surface area contributed by atoms with E-state index in [0.717, 1.165) is 24.8 Å². The number of aromatic nitrogens is 1. The van der Waals surface area contributed by atoms with Crippen LogP contribution in [0.1, 0.15) is 42.0 Å². The molecule has 4 N–H and O–H groups in total. The molecule has 3 aliphatic rings. The summed E-state index contributed by atoms with van der Waals surface area (Å²) in [6, 6.07) is 24.4. The summed E-state index contributed by atoms with van der Waals surface area (Å²) in [4.78, 5) is 4.52. The van der Waals surface area contributed by atoms with Gasteiger partial charge in [0.05, 0.1) is 51.0 Å². The van der Waals surface area contributed by atoms with E-state index in [2.05, 4.69) is 38.7 Å². The summed E-state index contributed by atoms with van der Waals surface area (Å²) in [5.41, 5.74) is 9.32. The normalized spacial score (nSPS) is 20.9. The second-order valence-electron chi connectivity index (χ2n) is 11.5. The summed E-state index contributed by atoms with van der Waals surface area (Å²) in [5.74, 6) is -0.354. The minimum atomic E-state index is -1.31. The van der Waals surface area contributed by atoms with Gasteiger partial charge in [0.15, 0.2) is 0 Å². The van der Waals surface area contributed by atoms with E-state index in [9.17, 15) is 14.9 Å². The summed E-state index contributed by atoms with van der Waals surface area (Å²) in [7, 11) is 7.12. The Morgan fingerprint density at radius 2 is 1.89 bits per heavy atom. The van der Waals surface area contributed by atoms with E-state index in [0.29, 0.717) is 50.2 Å². The van der Waals surface area contributed by atoms with Gasteiger partial charge in [-0.05, 0) is 54.7 Å². The van der Waals surface area contributed by atoms with Crippen LogP contribution in [0.2, 0.25) is 5.02 Å². The van der Waals surface area contributed by atoms with Crippen LogP contribution >= 0.6 is 11.6 Å². The molecule has 0 spiro atoms. The molecular formula is C33H27BClFN8. The Labute approximate surface area is 260 Å². The Morgan fingerprint density at radius 1 is 1.11 bits per heavy atom. The van der Waals surface area contributed by atoms with Crippen LogP contribution in [-0.2, 0) is 5.44 Å². The fraction of sp³-hybridized carbons (Fsp3) is 0.242. The summed E-state index contributed by atoms with van der Waals surface area (Å²) < 4.78 is 13.9. The molecule has 216 valence electrons. The van der Waals surface area contributed by atoms with E-state index in [1.54, 1.807) is 18.2 Å². The molecule has 3 aromatic carbocycles. The second kappa shape index (κ2) is 11.1. The third kappa shape index (κ3) is 5.17. The highest BCUT2D eigenvalue weighted by molar-refractivity contribution is 6.36. The van der Waals surface area contributed by atoms with E-state index < -0.39 is 5.44 Å². The van der Waals surface area contributed by atoms with Crippen molar-refractivity contribution in [3.05, 3.63) is 112 Å². The molecule has 2 fully saturated rings. The van der Waals surface area contributed by atoms with Crippen molar-refractivity contribution in [3.63, 3.8) is 0 Å². The van der Waals surface area contributed by atoms with Crippen molar-refractivity contribution in [1.82, 2.24) is 21.0 Å². The van der Waals surface area contributed by atoms with Crippen molar-refractivity contribution in [3.8, 4) is 12.1 Å². The van der Waals surface area contributed by atoms with Crippen LogP contribution < -0.4 is 21.6 Å². The van der Waals surface area contributed by atoms with Gasteiger partial charge in [-0.3, -0.25) is 9.99 Å². The number of hydrogen-bond acceptors (Lipinski definition) is 8. The van der Waals surface area contributed by atoms with E-state index in [1.807, 2.05) is 47.6 Å². The lowest BCUT2D eigenvalue weighted by Crippen LogP contribution is -2.45. The maximum absolute atomic E-state index is 13.9. The van der Waals surface area contributed by atoms with Crippen molar-refractivity contribution >= 4 is 41.7 Å². The third-order valence-corrected chi connectivity index (χ3v) is 8.82. The predicted molar refractivity (Wildman–Crippen MR) is 168 cm³/mol. The van der Waals surface area contributed by atoms with Crippen LogP contribution in [-0.4, -0.2) is 23.9 Å².